The van der Waals surface area contributed by atoms with Gasteiger partial charge in [-0.25, -0.2) is 9.78 Å². The third-order valence-corrected chi connectivity index (χ3v) is 6.62. The van der Waals surface area contributed by atoms with Crippen molar-refractivity contribution >= 4 is 38.4 Å². The number of carbonyl (C=O) groups is 1. The van der Waals surface area contributed by atoms with Crippen LogP contribution in [-0.2, 0) is 15.5 Å². The lowest BCUT2D eigenvalue weighted by atomic mass is 10.2. The fourth-order valence-electron chi connectivity index (χ4n) is 2.76. The van der Waals surface area contributed by atoms with Gasteiger partial charge in [-0.3, -0.25) is 4.21 Å². The Morgan fingerprint density at radius 2 is 2.17 bits per heavy atom. The van der Waals surface area contributed by atoms with Crippen LogP contribution < -0.4 is 0 Å². The smallest absolute Gasteiger partial charge is 0.410 e. The second-order valence-electron chi connectivity index (χ2n) is 6.93. The number of fused-ring (bicyclic) bond motifs is 1. The van der Waals surface area contributed by atoms with Crippen LogP contribution in [0.15, 0.2) is 28.6 Å². The quantitative estimate of drug-likeness (QED) is 0.829. The molecule has 0 bridgehead atoms. The second-order valence-corrected chi connectivity index (χ2v) is 9.63. The van der Waals surface area contributed by atoms with Crippen molar-refractivity contribution in [1.82, 2.24) is 9.88 Å². The lowest BCUT2D eigenvalue weighted by Gasteiger charge is -2.28. The van der Waals surface area contributed by atoms with E-state index in [4.69, 9.17) is 4.74 Å². The number of amides is 1. The van der Waals surface area contributed by atoms with E-state index in [1.807, 2.05) is 45.0 Å². The van der Waals surface area contributed by atoms with Crippen LogP contribution in [0.4, 0.5) is 4.79 Å². The molecule has 0 N–H and O–H groups in total. The molecule has 2 heterocycles. The van der Waals surface area contributed by atoms with Gasteiger partial charge < -0.3 is 9.64 Å². The molecule has 0 aliphatic carbocycles. The molecule has 1 aliphatic rings. The van der Waals surface area contributed by atoms with E-state index in [-0.39, 0.29) is 12.1 Å². The van der Waals surface area contributed by atoms with Gasteiger partial charge in [-0.15, -0.1) is 11.3 Å². The molecule has 0 unspecified atom stereocenters. The monoisotopic (exact) mass is 366 g/mol. The van der Waals surface area contributed by atoms with Gasteiger partial charge in [-0.1, -0.05) is 12.1 Å². The van der Waals surface area contributed by atoms with Gasteiger partial charge in [0.2, 0.25) is 0 Å². The Labute approximate surface area is 148 Å². The highest BCUT2D eigenvalue weighted by molar-refractivity contribution is 7.87. The fourth-order valence-corrected chi connectivity index (χ4v) is 5.35. The molecule has 24 heavy (non-hydrogen) atoms. The lowest BCUT2D eigenvalue weighted by Crippen LogP contribution is -2.42. The SMILES string of the molecule is CC(C)(C)OC(=O)N1CCC[C@H]1C[S@](=O)c1nc2ccccc2s1. The molecule has 5 nitrogen and oxygen atoms in total. The van der Waals surface area contributed by atoms with Crippen molar-refractivity contribution in [2.24, 2.45) is 0 Å². The Hall–Kier alpha value is -1.47. The summed E-state index contributed by atoms with van der Waals surface area (Å²) in [6.07, 6.45) is 1.46. The third-order valence-electron chi connectivity index (χ3n) is 3.82. The molecule has 1 aromatic heterocycles. The molecule has 2 atom stereocenters. The molecule has 1 aromatic carbocycles. The van der Waals surface area contributed by atoms with Gasteiger partial charge in [0.15, 0.2) is 4.34 Å². The number of hydrogen-bond acceptors (Lipinski definition) is 5. The van der Waals surface area contributed by atoms with Crippen molar-refractivity contribution in [2.75, 3.05) is 12.3 Å². The lowest BCUT2D eigenvalue weighted by molar-refractivity contribution is 0.0241. The topological polar surface area (TPSA) is 59.5 Å². The fraction of sp³-hybridized carbons (Fsp3) is 0.529. The predicted octanol–water partition coefficient (Wildman–Crippen LogP) is 3.80. The molecular weight excluding hydrogens is 344 g/mol. The number of carbonyl (C=O) groups excluding carboxylic acids is 1. The van der Waals surface area contributed by atoms with Gasteiger partial charge >= 0.3 is 6.09 Å². The molecule has 1 aliphatic heterocycles. The molecule has 3 rings (SSSR count). The van der Waals surface area contributed by atoms with Crippen LogP contribution in [0.3, 0.4) is 0 Å². The van der Waals surface area contributed by atoms with Gasteiger partial charge in [0.05, 0.1) is 26.8 Å². The molecule has 2 aromatic rings. The Morgan fingerprint density at radius 3 is 2.88 bits per heavy atom. The number of nitrogens with zero attached hydrogens (tertiary/aromatic N) is 2. The zero-order chi connectivity index (χ0) is 17.3. The molecule has 1 fully saturated rings. The van der Waals surface area contributed by atoms with E-state index >= 15 is 0 Å². The van der Waals surface area contributed by atoms with Crippen molar-refractivity contribution in [1.29, 1.82) is 0 Å². The van der Waals surface area contributed by atoms with E-state index in [1.54, 1.807) is 4.90 Å². The highest BCUT2D eigenvalue weighted by Crippen LogP contribution is 2.27. The van der Waals surface area contributed by atoms with E-state index in [0.717, 1.165) is 23.1 Å². The summed E-state index contributed by atoms with van der Waals surface area (Å²) in [4.78, 5) is 18.5. The van der Waals surface area contributed by atoms with Gasteiger partial charge in [0.1, 0.15) is 5.60 Å². The van der Waals surface area contributed by atoms with E-state index in [2.05, 4.69) is 4.98 Å². The Bertz CT molecular complexity index is 734. The number of rotatable bonds is 3. The minimum atomic E-state index is -1.21. The van der Waals surface area contributed by atoms with Crippen LogP contribution in [0.2, 0.25) is 0 Å². The van der Waals surface area contributed by atoms with Crippen LogP contribution in [0, 0.1) is 0 Å². The second kappa shape index (κ2) is 6.80. The van der Waals surface area contributed by atoms with Crippen molar-refractivity contribution in [2.45, 2.75) is 49.6 Å². The summed E-state index contributed by atoms with van der Waals surface area (Å²) >= 11 is 1.46. The summed E-state index contributed by atoms with van der Waals surface area (Å²) in [6.45, 7) is 6.23. The normalized spacial score (nSPS) is 19.6. The predicted molar refractivity (Wildman–Crippen MR) is 96.9 cm³/mol. The minimum absolute atomic E-state index is 0.0484. The van der Waals surface area contributed by atoms with Gasteiger partial charge in [-0.2, -0.15) is 0 Å². The zero-order valence-corrected chi connectivity index (χ0v) is 15.8. The van der Waals surface area contributed by atoms with Crippen LogP contribution >= 0.6 is 11.3 Å². The molecular formula is C17H22N2O3S2. The van der Waals surface area contributed by atoms with Gasteiger partial charge in [0, 0.05) is 12.6 Å². The highest BCUT2D eigenvalue weighted by atomic mass is 32.2. The third kappa shape index (κ3) is 3.95. The number of thiazole rings is 1. The zero-order valence-electron chi connectivity index (χ0n) is 14.2. The minimum Gasteiger partial charge on any atom is -0.444 e. The number of likely N-dealkylation sites (tertiary alicyclic amines) is 1. The highest BCUT2D eigenvalue weighted by Gasteiger charge is 2.33. The molecule has 1 amide bonds. The summed E-state index contributed by atoms with van der Waals surface area (Å²) in [7, 11) is -1.21. The first-order valence-corrected chi connectivity index (χ1v) is 10.2. The van der Waals surface area contributed by atoms with Crippen molar-refractivity contribution in [3.8, 4) is 0 Å². The Kier molecular flexibility index (Phi) is 4.92. The Morgan fingerprint density at radius 1 is 1.42 bits per heavy atom. The average Bonchev–Trinajstić information content (AvgIpc) is 3.11. The van der Waals surface area contributed by atoms with Crippen molar-refractivity contribution in [3.05, 3.63) is 24.3 Å². The number of ether oxygens (including phenoxy) is 1. The summed E-state index contributed by atoms with van der Waals surface area (Å²) in [5.41, 5.74) is 0.359. The number of hydrogen-bond donors (Lipinski definition) is 0. The first-order valence-electron chi connectivity index (χ1n) is 8.07. The first-order chi connectivity index (χ1) is 11.3. The number of para-hydroxylation sites is 1. The van der Waals surface area contributed by atoms with Crippen molar-refractivity contribution in [3.63, 3.8) is 0 Å². The standard InChI is InChI=1S/C17H22N2O3S2/c1-17(2,3)22-16(20)19-10-6-7-12(19)11-24(21)15-18-13-8-4-5-9-14(13)23-15/h4-5,8-9,12H,6-7,10-11H2,1-3H3/t12-,24-/m0/s1. The number of aromatic nitrogens is 1. The van der Waals surface area contributed by atoms with Crippen LogP contribution in [0.25, 0.3) is 10.2 Å². The maximum atomic E-state index is 12.7. The summed E-state index contributed by atoms with van der Waals surface area (Å²) in [5.74, 6) is 0.416. The van der Waals surface area contributed by atoms with E-state index < -0.39 is 16.4 Å². The number of benzene rings is 1. The Balaban J connectivity index is 1.69. The van der Waals surface area contributed by atoms with Crippen LogP contribution in [0.1, 0.15) is 33.6 Å². The van der Waals surface area contributed by atoms with E-state index in [0.29, 0.717) is 16.6 Å². The summed E-state index contributed by atoms with van der Waals surface area (Å²) in [6, 6.07) is 7.74. The van der Waals surface area contributed by atoms with E-state index in [1.165, 1.54) is 11.3 Å². The summed E-state index contributed by atoms with van der Waals surface area (Å²) < 4.78 is 19.8. The molecule has 7 heteroatoms. The molecule has 130 valence electrons. The summed E-state index contributed by atoms with van der Waals surface area (Å²) in [5, 5.41) is 0. The van der Waals surface area contributed by atoms with Crippen LogP contribution in [-0.4, -0.2) is 44.1 Å². The maximum Gasteiger partial charge on any atom is 0.410 e. The molecule has 0 saturated carbocycles. The van der Waals surface area contributed by atoms with Gasteiger partial charge in [-0.05, 0) is 45.7 Å². The first kappa shape index (κ1) is 17.4. The van der Waals surface area contributed by atoms with E-state index in [9.17, 15) is 9.00 Å². The average molecular weight is 367 g/mol. The molecule has 0 radical (unpaired) electrons. The molecule has 1 saturated heterocycles. The largest absolute Gasteiger partial charge is 0.444 e. The maximum absolute atomic E-state index is 12.7. The molecule has 0 spiro atoms. The van der Waals surface area contributed by atoms with Gasteiger partial charge in [0.25, 0.3) is 0 Å². The van der Waals surface area contributed by atoms with Crippen molar-refractivity contribution < 1.29 is 13.7 Å². The van der Waals surface area contributed by atoms with Crippen LogP contribution in [0.5, 0.6) is 0 Å².